The fourth-order valence-electron chi connectivity index (χ4n) is 8.32. The normalized spacial score (nSPS) is 49.3. The Balaban J connectivity index is 1.66. The van der Waals surface area contributed by atoms with Gasteiger partial charge in [-0.15, -0.1) is 0 Å². The topological polar surface area (TPSA) is 91.7 Å². The molecule has 0 amide bonds. The quantitative estimate of drug-likeness (QED) is 0.739. The van der Waals surface area contributed by atoms with Gasteiger partial charge in [-0.1, -0.05) is 20.8 Å². The van der Waals surface area contributed by atoms with Gasteiger partial charge >= 0.3 is 5.97 Å². The number of ketones is 2. The third-order valence-electron chi connectivity index (χ3n) is 10.1. The molecule has 4 fully saturated rings. The van der Waals surface area contributed by atoms with Crippen LogP contribution in [0.2, 0.25) is 0 Å². The van der Waals surface area contributed by atoms with Crippen molar-refractivity contribution in [1.29, 1.82) is 0 Å². The van der Waals surface area contributed by atoms with Crippen LogP contribution >= 0.6 is 0 Å². The molecule has 4 aliphatic rings. The first kappa shape index (κ1) is 21.0. The number of hydrogen-bond donors (Lipinski definition) is 2. The molecule has 29 heavy (non-hydrogen) atoms. The molecule has 4 aliphatic carbocycles. The second-order valence-corrected chi connectivity index (χ2v) is 11.1. The molecular formula is C24H36O5. The molecule has 5 nitrogen and oxygen atoms in total. The number of rotatable bonds is 4. The maximum Gasteiger partial charge on any atom is 0.303 e. The number of aliphatic hydroxyl groups excluding tert-OH is 1. The van der Waals surface area contributed by atoms with Crippen molar-refractivity contribution in [2.24, 2.45) is 39.9 Å². The smallest absolute Gasteiger partial charge is 0.303 e. The summed E-state index contributed by atoms with van der Waals surface area (Å²) < 4.78 is 0. The molecule has 0 saturated heterocycles. The molecule has 4 saturated carbocycles. The zero-order chi connectivity index (χ0) is 21.2. The number of carbonyl (C=O) groups excluding carboxylic acids is 2. The van der Waals surface area contributed by atoms with Gasteiger partial charge in [0.25, 0.3) is 0 Å². The number of carboxylic acids is 1. The van der Waals surface area contributed by atoms with Gasteiger partial charge in [0.2, 0.25) is 0 Å². The van der Waals surface area contributed by atoms with Crippen molar-refractivity contribution in [3.05, 3.63) is 0 Å². The van der Waals surface area contributed by atoms with Crippen LogP contribution in [0.1, 0.15) is 85.0 Å². The van der Waals surface area contributed by atoms with Gasteiger partial charge < -0.3 is 10.2 Å². The zero-order valence-corrected chi connectivity index (χ0v) is 18.1. The van der Waals surface area contributed by atoms with E-state index in [1.165, 1.54) is 0 Å². The third-order valence-corrected chi connectivity index (χ3v) is 10.1. The maximum atomic E-state index is 13.6. The minimum atomic E-state index is -0.785. The van der Waals surface area contributed by atoms with Crippen molar-refractivity contribution in [3.8, 4) is 0 Å². The first-order chi connectivity index (χ1) is 13.5. The standard InChI is InChI=1S/C24H36O5/c1-22-10-9-16(25)11-15(22)12-19(26)24(3)17-8-7-14(5-4-6-21(28)29)23(17,2)20(27)13-18(22)24/h14-18,25H,4-13H2,1-3H3,(H,28,29)/t14-,15-,16+,17+,18+,22-,23+,24-/m0/s1. The van der Waals surface area contributed by atoms with Gasteiger partial charge in [-0.2, -0.15) is 0 Å². The van der Waals surface area contributed by atoms with Crippen molar-refractivity contribution in [2.45, 2.75) is 91.1 Å². The van der Waals surface area contributed by atoms with E-state index >= 15 is 0 Å². The van der Waals surface area contributed by atoms with Crippen molar-refractivity contribution < 1.29 is 24.6 Å². The number of hydrogen-bond acceptors (Lipinski definition) is 4. The molecule has 0 aromatic heterocycles. The van der Waals surface area contributed by atoms with Crippen LogP contribution in [-0.4, -0.2) is 33.9 Å². The summed E-state index contributed by atoms with van der Waals surface area (Å²) in [5.74, 6) is 0.306. The highest BCUT2D eigenvalue weighted by molar-refractivity contribution is 5.94. The van der Waals surface area contributed by atoms with E-state index < -0.39 is 16.8 Å². The Labute approximate surface area is 173 Å². The minimum absolute atomic E-state index is 0.0553. The van der Waals surface area contributed by atoms with Gasteiger partial charge in [-0.25, -0.2) is 0 Å². The molecule has 0 unspecified atom stereocenters. The average Bonchev–Trinajstić information content (AvgIpc) is 2.99. The summed E-state index contributed by atoms with van der Waals surface area (Å²) in [6.07, 6.45) is 6.33. The highest BCUT2D eigenvalue weighted by Gasteiger charge is 2.70. The summed E-state index contributed by atoms with van der Waals surface area (Å²) in [4.78, 5) is 38.1. The molecule has 0 aromatic carbocycles. The maximum absolute atomic E-state index is 13.6. The van der Waals surface area contributed by atoms with Crippen LogP contribution in [0.3, 0.4) is 0 Å². The number of fused-ring (bicyclic) bond motifs is 5. The molecule has 0 radical (unpaired) electrons. The lowest BCUT2D eigenvalue weighted by molar-refractivity contribution is -0.187. The lowest BCUT2D eigenvalue weighted by atomic mass is 9.38. The van der Waals surface area contributed by atoms with Crippen molar-refractivity contribution in [1.82, 2.24) is 0 Å². The first-order valence-corrected chi connectivity index (χ1v) is 11.5. The molecule has 0 aliphatic heterocycles. The molecule has 5 heteroatoms. The van der Waals surface area contributed by atoms with Crippen molar-refractivity contribution in [2.75, 3.05) is 0 Å². The van der Waals surface area contributed by atoms with E-state index in [2.05, 4.69) is 20.8 Å². The summed E-state index contributed by atoms with van der Waals surface area (Å²) in [5.41, 5.74) is -1.03. The molecule has 4 rings (SSSR count). The summed E-state index contributed by atoms with van der Waals surface area (Å²) in [7, 11) is 0. The largest absolute Gasteiger partial charge is 0.481 e. The predicted octanol–water partition coefficient (Wildman–Crippen LogP) is 4.01. The van der Waals surface area contributed by atoms with E-state index in [1.54, 1.807) is 0 Å². The Bertz CT molecular complexity index is 731. The van der Waals surface area contributed by atoms with Crippen LogP contribution in [0.25, 0.3) is 0 Å². The molecule has 162 valence electrons. The van der Waals surface area contributed by atoms with Gasteiger partial charge in [-0.3, -0.25) is 14.4 Å². The van der Waals surface area contributed by atoms with E-state index in [9.17, 15) is 19.5 Å². The lowest BCUT2D eigenvalue weighted by Gasteiger charge is -2.64. The van der Waals surface area contributed by atoms with Gasteiger partial charge in [0.05, 0.1) is 6.10 Å². The third kappa shape index (κ3) is 2.86. The van der Waals surface area contributed by atoms with E-state index in [0.717, 1.165) is 32.1 Å². The fraction of sp³-hybridized carbons (Fsp3) is 0.875. The molecule has 8 atom stereocenters. The number of Topliss-reactive ketones (excluding diaryl/α,β-unsaturated/α-hetero) is 2. The van der Waals surface area contributed by atoms with Crippen LogP contribution in [0.5, 0.6) is 0 Å². The van der Waals surface area contributed by atoms with E-state index in [4.69, 9.17) is 5.11 Å². The van der Waals surface area contributed by atoms with Crippen LogP contribution in [-0.2, 0) is 14.4 Å². The van der Waals surface area contributed by atoms with Crippen LogP contribution < -0.4 is 0 Å². The van der Waals surface area contributed by atoms with Crippen molar-refractivity contribution in [3.63, 3.8) is 0 Å². The zero-order valence-electron chi connectivity index (χ0n) is 18.1. The Morgan fingerprint density at radius 2 is 1.69 bits per heavy atom. The Morgan fingerprint density at radius 3 is 2.38 bits per heavy atom. The highest BCUT2D eigenvalue weighted by Crippen LogP contribution is 2.70. The van der Waals surface area contributed by atoms with Crippen LogP contribution in [0, 0.1) is 39.9 Å². The summed E-state index contributed by atoms with van der Waals surface area (Å²) in [6, 6.07) is 0. The molecule has 0 bridgehead atoms. The van der Waals surface area contributed by atoms with Crippen LogP contribution in [0.4, 0.5) is 0 Å². The van der Waals surface area contributed by atoms with Gasteiger partial charge in [0.1, 0.15) is 11.6 Å². The number of aliphatic hydroxyl groups is 1. The first-order valence-electron chi connectivity index (χ1n) is 11.5. The number of carboxylic acid groups (broad SMARTS) is 1. The SMILES string of the molecule is C[C@]12CC[C@@H](O)C[C@H]1CC(=O)[C@@]1(C)[C@@H]3CC[C@H](CCCC(=O)O)[C@@]3(C)C(=O)C[C@H]21. The summed E-state index contributed by atoms with van der Waals surface area (Å²) >= 11 is 0. The molecular weight excluding hydrogens is 368 g/mol. The van der Waals surface area contributed by atoms with E-state index in [-0.39, 0.29) is 41.6 Å². The van der Waals surface area contributed by atoms with Gasteiger partial charge in [-0.05, 0) is 74.0 Å². The van der Waals surface area contributed by atoms with E-state index in [1.807, 2.05) is 0 Å². The number of aliphatic carboxylic acids is 1. The Hall–Kier alpha value is -1.23. The fourth-order valence-corrected chi connectivity index (χ4v) is 8.32. The molecule has 0 spiro atoms. The minimum Gasteiger partial charge on any atom is -0.481 e. The van der Waals surface area contributed by atoms with Gasteiger partial charge in [0, 0.05) is 30.1 Å². The molecule has 0 heterocycles. The summed E-state index contributed by atoms with van der Waals surface area (Å²) in [6.45, 7) is 6.49. The molecule has 0 aromatic rings. The lowest BCUT2D eigenvalue weighted by Crippen LogP contribution is -2.65. The Morgan fingerprint density at radius 1 is 1.00 bits per heavy atom. The van der Waals surface area contributed by atoms with E-state index in [0.29, 0.717) is 37.2 Å². The van der Waals surface area contributed by atoms with Crippen molar-refractivity contribution >= 4 is 17.5 Å². The second kappa shape index (κ2) is 6.90. The number of carbonyl (C=O) groups is 3. The predicted molar refractivity (Wildman–Crippen MR) is 108 cm³/mol. The van der Waals surface area contributed by atoms with Gasteiger partial charge in [0.15, 0.2) is 0 Å². The molecule has 2 N–H and O–H groups in total. The summed E-state index contributed by atoms with van der Waals surface area (Å²) in [5, 5.41) is 19.2. The van der Waals surface area contributed by atoms with Crippen LogP contribution in [0.15, 0.2) is 0 Å². The monoisotopic (exact) mass is 404 g/mol. The highest BCUT2D eigenvalue weighted by atomic mass is 16.4. The average molecular weight is 405 g/mol. The Kier molecular flexibility index (Phi) is 5.00. The second-order valence-electron chi connectivity index (χ2n) is 11.1.